The Bertz CT molecular complexity index is 958. The number of carbonyl (C=O) groups is 1. The summed E-state index contributed by atoms with van der Waals surface area (Å²) < 4.78 is 13.3. The van der Waals surface area contributed by atoms with E-state index >= 15 is 0 Å². The van der Waals surface area contributed by atoms with Crippen LogP contribution in [-0.4, -0.2) is 32.3 Å². The average Bonchev–Trinajstić information content (AvgIpc) is 3.20. The summed E-state index contributed by atoms with van der Waals surface area (Å²) in [7, 11) is 0. The smallest absolute Gasteiger partial charge is 0.255 e. The van der Waals surface area contributed by atoms with E-state index in [-0.39, 0.29) is 23.3 Å². The number of aromatic amines is 2. The van der Waals surface area contributed by atoms with Crippen LogP contribution in [0, 0.1) is 5.82 Å². The van der Waals surface area contributed by atoms with Crippen LogP contribution in [0.5, 0.6) is 0 Å². The molecule has 2 aromatic heterocycles. The molecule has 1 amide bonds. The predicted octanol–water partition coefficient (Wildman–Crippen LogP) is 2.37. The number of aromatic nitrogens is 3. The Kier molecular flexibility index (Phi) is 3.41. The van der Waals surface area contributed by atoms with E-state index in [1.165, 1.54) is 30.5 Å². The summed E-state index contributed by atoms with van der Waals surface area (Å²) in [5, 5.41) is 0. The summed E-state index contributed by atoms with van der Waals surface area (Å²) in [5.74, 6) is 0.177. The highest BCUT2D eigenvalue weighted by Gasteiger charge is 2.32. The van der Waals surface area contributed by atoms with Gasteiger partial charge < -0.3 is 14.9 Å². The third-order valence-electron chi connectivity index (χ3n) is 4.32. The number of H-pyrrole nitrogens is 2. The zero-order valence-corrected chi connectivity index (χ0v) is 12.8. The molecule has 0 bridgehead atoms. The number of benzene rings is 1. The molecule has 1 aliphatic heterocycles. The van der Waals surface area contributed by atoms with Crippen LogP contribution in [0.15, 0.2) is 41.3 Å². The Morgan fingerprint density at radius 1 is 1.29 bits per heavy atom. The summed E-state index contributed by atoms with van der Waals surface area (Å²) in [6, 6.07) is 7.06. The number of amides is 1. The van der Waals surface area contributed by atoms with Crippen molar-refractivity contribution in [2.45, 2.75) is 18.9 Å². The van der Waals surface area contributed by atoms with Crippen molar-refractivity contribution in [1.82, 2.24) is 19.9 Å². The molecule has 0 spiro atoms. The van der Waals surface area contributed by atoms with Gasteiger partial charge in [-0.15, -0.1) is 0 Å². The van der Waals surface area contributed by atoms with Gasteiger partial charge >= 0.3 is 0 Å². The zero-order valence-electron chi connectivity index (χ0n) is 12.8. The molecule has 0 saturated carbocycles. The van der Waals surface area contributed by atoms with Gasteiger partial charge in [0.1, 0.15) is 11.6 Å². The number of hydrogen-bond acceptors (Lipinski definition) is 3. The molecule has 3 heterocycles. The normalized spacial score (nSPS) is 17.5. The lowest BCUT2D eigenvalue weighted by Crippen LogP contribution is -2.31. The molecule has 7 heteroatoms. The molecule has 0 radical (unpaired) electrons. The molecule has 0 aliphatic carbocycles. The fourth-order valence-corrected chi connectivity index (χ4v) is 3.16. The molecule has 1 saturated heterocycles. The summed E-state index contributed by atoms with van der Waals surface area (Å²) in [6.45, 7) is 0.619. The highest BCUT2D eigenvalue weighted by Crippen LogP contribution is 2.32. The molecule has 4 rings (SSSR count). The van der Waals surface area contributed by atoms with Gasteiger partial charge in [-0.25, -0.2) is 9.37 Å². The van der Waals surface area contributed by atoms with E-state index in [4.69, 9.17) is 0 Å². The second-order valence-corrected chi connectivity index (χ2v) is 5.88. The molecular formula is C17H15FN4O2. The third-order valence-corrected chi connectivity index (χ3v) is 4.32. The Morgan fingerprint density at radius 3 is 2.96 bits per heavy atom. The molecular weight excluding hydrogens is 311 g/mol. The van der Waals surface area contributed by atoms with Crippen molar-refractivity contribution in [3.8, 4) is 0 Å². The monoisotopic (exact) mass is 326 g/mol. The van der Waals surface area contributed by atoms with Crippen molar-refractivity contribution in [3.63, 3.8) is 0 Å². The fourth-order valence-electron chi connectivity index (χ4n) is 3.16. The quantitative estimate of drug-likeness (QED) is 0.758. The molecule has 2 N–H and O–H groups in total. The highest BCUT2D eigenvalue weighted by molar-refractivity contribution is 5.94. The van der Waals surface area contributed by atoms with Gasteiger partial charge in [0.05, 0.1) is 22.6 Å². The van der Waals surface area contributed by atoms with E-state index < -0.39 is 0 Å². The maximum Gasteiger partial charge on any atom is 0.255 e. The van der Waals surface area contributed by atoms with Crippen molar-refractivity contribution in [3.05, 3.63) is 64.1 Å². The second kappa shape index (κ2) is 5.59. The Labute approximate surface area is 136 Å². The van der Waals surface area contributed by atoms with Crippen LogP contribution in [0.25, 0.3) is 11.0 Å². The van der Waals surface area contributed by atoms with Crippen molar-refractivity contribution in [2.24, 2.45) is 0 Å². The first-order valence-corrected chi connectivity index (χ1v) is 7.77. The number of nitrogens with one attached hydrogen (secondary N) is 2. The van der Waals surface area contributed by atoms with Gasteiger partial charge in [-0.05, 0) is 37.1 Å². The van der Waals surface area contributed by atoms with Crippen LogP contribution in [0.3, 0.4) is 0 Å². The number of imidazole rings is 1. The summed E-state index contributed by atoms with van der Waals surface area (Å²) in [5.41, 5.74) is 1.48. The van der Waals surface area contributed by atoms with E-state index in [0.29, 0.717) is 29.0 Å². The molecule has 1 aromatic carbocycles. The van der Waals surface area contributed by atoms with Gasteiger partial charge in [-0.2, -0.15) is 0 Å². The number of fused-ring (bicyclic) bond motifs is 1. The fraction of sp³-hybridized carbons (Fsp3) is 0.235. The average molecular weight is 326 g/mol. The molecule has 122 valence electrons. The minimum Gasteiger partial charge on any atom is -0.340 e. The van der Waals surface area contributed by atoms with E-state index in [1.54, 1.807) is 11.0 Å². The van der Waals surface area contributed by atoms with Crippen molar-refractivity contribution >= 4 is 16.9 Å². The van der Waals surface area contributed by atoms with Crippen LogP contribution in [-0.2, 0) is 0 Å². The van der Waals surface area contributed by atoms with Gasteiger partial charge in [0.2, 0.25) is 5.56 Å². The lowest BCUT2D eigenvalue weighted by molar-refractivity contribution is 0.0730. The van der Waals surface area contributed by atoms with Gasteiger partial charge in [0.15, 0.2) is 0 Å². The molecule has 1 fully saturated rings. The molecule has 1 atom stereocenters. The van der Waals surface area contributed by atoms with Gasteiger partial charge in [0.25, 0.3) is 5.91 Å². The minimum absolute atomic E-state index is 0.152. The summed E-state index contributed by atoms with van der Waals surface area (Å²) in [4.78, 5) is 35.7. The van der Waals surface area contributed by atoms with Crippen LogP contribution >= 0.6 is 0 Å². The van der Waals surface area contributed by atoms with E-state index in [9.17, 15) is 14.0 Å². The number of nitrogens with zero attached hydrogens (tertiary/aromatic N) is 2. The molecule has 6 nitrogen and oxygen atoms in total. The number of carbonyl (C=O) groups excluding carboxylic acids is 1. The maximum atomic E-state index is 13.3. The van der Waals surface area contributed by atoms with Crippen molar-refractivity contribution < 1.29 is 9.18 Å². The molecule has 3 aromatic rings. The highest BCUT2D eigenvalue weighted by atomic mass is 19.1. The number of rotatable bonds is 2. The first-order chi connectivity index (χ1) is 11.6. The van der Waals surface area contributed by atoms with Crippen LogP contribution < -0.4 is 5.56 Å². The van der Waals surface area contributed by atoms with E-state index in [1.807, 2.05) is 0 Å². The number of hydrogen-bond donors (Lipinski definition) is 2. The van der Waals surface area contributed by atoms with Crippen molar-refractivity contribution in [1.29, 1.82) is 0 Å². The molecule has 24 heavy (non-hydrogen) atoms. The SMILES string of the molecule is O=C(c1ccc(=O)[nH]c1)N1CCC[C@@H]1c1nc2ccc(F)cc2[nH]1. The molecule has 0 unspecified atom stereocenters. The lowest BCUT2D eigenvalue weighted by atomic mass is 10.2. The van der Waals surface area contributed by atoms with Crippen LogP contribution in [0.2, 0.25) is 0 Å². The largest absolute Gasteiger partial charge is 0.340 e. The van der Waals surface area contributed by atoms with Crippen LogP contribution in [0.4, 0.5) is 4.39 Å². The maximum absolute atomic E-state index is 13.3. The van der Waals surface area contributed by atoms with E-state index in [0.717, 1.165) is 12.8 Å². The topological polar surface area (TPSA) is 81.8 Å². The van der Waals surface area contributed by atoms with Gasteiger partial charge in [-0.3, -0.25) is 9.59 Å². The second-order valence-electron chi connectivity index (χ2n) is 5.88. The predicted molar refractivity (Wildman–Crippen MR) is 86.1 cm³/mol. The first kappa shape index (κ1) is 14.6. The number of halogens is 1. The number of pyridine rings is 1. The van der Waals surface area contributed by atoms with Crippen molar-refractivity contribution in [2.75, 3.05) is 6.54 Å². The minimum atomic E-state index is -0.328. The Morgan fingerprint density at radius 2 is 2.17 bits per heavy atom. The Balaban J connectivity index is 1.67. The summed E-state index contributed by atoms with van der Waals surface area (Å²) >= 11 is 0. The standard InChI is InChI=1S/C17H15FN4O2/c18-11-4-5-12-13(8-11)21-16(20-12)14-2-1-7-22(14)17(24)10-3-6-15(23)19-9-10/h3-6,8-9,14H,1-2,7H2,(H,19,23)(H,20,21)/t14-/m1/s1. The van der Waals surface area contributed by atoms with Gasteiger partial charge in [0, 0.05) is 18.8 Å². The first-order valence-electron chi connectivity index (χ1n) is 7.77. The Hall–Kier alpha value is -2.96. The zero-order chi connectivity index (χ0) is 16.7. The number of likely N-dealkylation sites (tertiary alicyclic amines) is 1. The summed E-state index contributed by atoms with van der Waals surface area (Å²) in [6.07, 6.45) is 3.08. The van der Waals surface area contributed by atoms with Gasteiger partial charge in [-0.1, -0.05) is 0 Å². The lowest BCUT2D eigenvalue weighted by Gasteiger charge is -2.23. The molecule has 1 aliphatic rings. The van der Waals surface area contributed by atoms with Crippen LogP contribution in [0.1, 0.15) is 35.1 Å². The third kappa shape index (κ3) is 2.47. The van der Waals surface area contributed by atoms with E-state index in [2.05, 4.69) is 15.0 Å².